The van der Waals surface area contributed by atoms with E-state index in [-0.39, 0.29) is 5.69 Å². The fourth-order valence-electron chi connectivity index (χ4n) is 2.75. The Bertz CT molecular complexity index is 1180. The van der Waals surface area contributed by atoms with Crippen LogP contribution < -0.4 is 20.2 Å². The van der Waals surface area contributed by atoms with Crippen LogP contribution in [0.25, 0.3) is 0 Å². The van der Waals surface area contributed by atoms with Crippen molar-refractivity contribution in [1.29, 1.82) is 0 Å². The van der Waals surface area contributed by atoms with Crippen LogP contribution in [0.5, 0.6) is 11.5 Å². The van der Waals surface area contributed by atoms with Gasteiger partial charge in [-0.15, -0.1) is 0 Å². The summed E-state index contributed by atoms with van der Waals surface area (Å²) < 4.78 is 24.8. The van der Waals surface area contributed by atoms with E-state index >= 15 is 0 Å². The van der Waals surface area contributed by atoms with Gasteiger partial charge in [-0.1, -0.05) is 35.9 Å². The Morgan fingerprint density at radius 3 is 2.42 bits per heavy atom. The predicted molar refractivity (Wildman–Crippen MR) is 124 cm³/mol. The topological polar surface area (TPSA) is 89.0 Å². The second-order valence-electron chi connectivity index (χ2n) is 6.85. The minimum absolute atomic E-state index is 0.0997. The average Bonchev–Trinajstić information content (AvgIpc) is 2.83. The molecule has 2 N–H and O–H groups in total. The van der Waals surface area contributed by atoms with Crippen LogP contribution in [0.3, 0.4) is 0 Å². The maximum absolute atomic E-state index is 13.6. The molecule has 2 amide bonds. The summed E-state index contributed by atoms with van der Waals surface area (Å²) >= 11 is 5.89. The summed E-state index contributed by atoms with van der Waals surface area (Å²) in [6, 6.07) is 18.0. The molecule has 33 heavy (non-hydrogen) atoms. The summed E-state index contributed by atoms with van der Waals surface area (Å²) in [6.07, 6.45) is 0. The van der Waals surface area contributed by atoms with Gasteiger partial charge in [-0.2, -0.15) is 5.10 Å². The van der Waals surface area contributed by atoms with E-state index in [1.54, 1.807) is 37.3 Å². The van der Waals surface area contributed by atoms with Gasteiger partial charge in [0.15, 0.2) is 11.5 Å². The summed E-state index contributed by atoms with van der Waals surface area (Å²) in [5.41, 5.74) is 4.06. The number of para-hydroxylation sites is 1. The largest absolute Gasteiger partial charge is 0.493 e. The molecule has 0 radical (unpaired) electrons. The fraction of sp³-hybridized carbons (Fsp3) is 0.125. The lowest BCUT2D eigenvalue weighted by molar-refractivity contribution is -0.136. The van der Waals surface area contributed by atoms with Gasteiger partial charge in [-0.3, -0.25) is 9.59 Å². The maximum atomic E-state index is 13.6. The number of methoxy groups -OCH3 is 1. The Kier molecular flexibility index (Phi) is 7.99. The number of nitrogens with one attached hydrogen (secondary N) is 2. The highest BCUT2D eigenvalue weighted by Gasteiger charge is 2.15. The Morgan fingerprint density at radius 2 is 1.73 bits per heavy atom. The molecule has 7 nitrogen and oxygen atoms in total. The van der Waals surface area contributed by atoms with Gasteiger partial charge in [-0.25, -0.2) is 9.82 Å². The van der Waals surface area contributed by atoms with Gasteiger partial charge >= 0.3 is 11.8 Å². The summed E-state index contributed by atoms with van der Waals surface area (Å²) in [4.78, 5) is 24.0. The number of hydrogen-bond acceptors (Lipinski definition) is 5. The minimum Gasteiger partial charge on any atom is -0.493 e. The Hall–Kier alpha value is -3.91. The molecular formula is C24H21ClFN3O4. The highest BCUT2D eigenvalue weighted by Crippen LogP contribution is 2.29. The number of hydrogen-bond donors (Lipinski definition) is 2. The summed E-state index contributed by atoms with van der Waals surface area (Å²) in [5.74, 6) is -1.73. The van der Waals surface area contributed by atoms with Crippen molar-refractivity contribution in [2.75, 3.05) is 12.4 Å². The van der Waals surface area contributed by atoms with Gasteiger partial charge in [0.05, 0.1) is 18.5 Å². The van der Waals surface area contributed by atoms with Crippen LogP contribution >= 0.6 is 11.6 Å². The molecule has 3 aromatic rings. The molecule has 9 heteroatoms. The molecular weight excluding hydrogens is 449 g/mol. The molecule has 0 aromatic heterocycles. The van der Waals surface area contributed by atoms with E-state index in [2.05, 4.69) is 15.8 Å². The van der Waals surface area contributed by atoms with E-state index in [1.165, 1.54) is 31.4 Å². The number of halogens is 2. The number of rotatable bonds is 7. The van der Waals surface area contributed by atoms with Crippen molar-refractivity contribution in [2.45, 2.75) is 13.5 Å². The van der Waals surface area contributed by atoms with Gasteiger partial charge in [-0.05, 0) is 55.0 Å². The molecule has 0 saturated heterocycles. The molecule has 0 spiro atoms. The van der Waals surface area contributed by atoms with Gasteiger partial charge in [0, 0.05) is 10.6 Å². The number of ether oxygens (including phenoxy) is 2. The van der Waals surface area contributed by atoms with Crippen molar-refractivity contribution in [3.63, 3.8) is 0 Å². The second-order valence-corrected chi connectivity index (χ2v) is 7.29. The maximum Gasteiger partial charge on any atom is 0.329 e. The number of anilines is 1. The van der Waals surface area contributed by atoms with Crippen molar-refractivity contribution in [1.82, 2.24) is 5.43 Å². The van der Waals surface area contributed by atoms with Crippen molar-refractivity contribution in [3.05, 3.63) is 88.7 Å². The molecule has 170 valence electrons. The minimum atomic E-state index is -1.04. The first-order valence-corrected chi connectivity index (χ1v) is 10.2. The first kappa shape index (κ1) is 23.7. The second kappa shape index (κ2) is 11.1. The summed E-state index contributed by atoms with van der Waals surface area (Å²) in [5, 5.41) is 6.78. The molecule has 0 bridgehead atoms. The van der Waals surface area contributed by atoms with Crippen LogP contribution in [-0.4, -0.2) is 24.6 Å². The molecule has 0 atom stereocenters. The van der Waals surface area contributed by atoms with Crippen LogP contribution in [0.4, 0.5) is 10.1 Å². The lowest BCUT2D eigenvalue weighted by Crippen LogP contribution is -2.33. The zero-order valence-electron chi connectivity index (χ0n) is 17.9. The van der Waals surface area contributed by atoms with Gasteiger partial charge in [0.2, 0.25) is 0 Å². The number of amides is 2. The number of nitrogens with zero attached hydrogens (tertiary/aromatic N) is 1. The molecule has 0 fully saturated rings. The highest BCUT2D eigenvalue weighted by atomic mass is 35.5. The third kappa shape index (κ3) is 6.54. The third-order valence-corrected chi connectivity index (χ3v) is 4.79. The lowest BCUT2D eigenvalue weighted by Gasteiger charge is -2.12. The van der Waals surface area contributed by atoms with Crippen LogP contribution in [0, 0.1) is 5.82 Å². The Labute approximate surface area is 195 Å². The van der Waals surface area contributed by atoms with Crippen LogP contribution in [0.1, 0.15) is 18.1 Å². The standard InChI is InChI=1S/C24H21ClFN3O4/c1-15(28-29-24(31)23(30)27-20-6-4-3-5-19(20)26)17-9-12-21(22(13-17)32-2)33-14-16-7-10-18(25)11-8-16/h3-13H,14H2,1-2H3,(H,27,30)(H,29,31)/b28-15+. The summed E-state index contributed by atoms with van der Waals surface area (Å²) in [7, 11) is 1.51. The molecule has 3 rings (SSSR count). The SMILES string of the molecule is COc1cc(/C(C)=N/NC(=O)C(=O)Nc2ccccc2F)ccc1OCc1ccc(Cl)cc1. The van der Waals surface area contributed by atoms with Gasteiger partial charge in [0.1, 0.15) is 12.4 Å². The van der Waals surface area contributed by atoms with Crippen molar-refractivity contribution in [3.8, 4) is 11.5 Å². The lowest BCUT2D eigenvalue weighted by atomic mass is 10.1. The van der Waals surface area contributed by atoms with Crippen LogP contribution in [0.2, 0.25) is 5.02 Å². The van der Waals surface area contributed by atoms with E-state index in [0.717, 1.165) is 5.56 Å². The molecule has 0 unspecified atom stereocenters. The zero-order chi connectivity index (χ0) is 23.8. The number of hydrazone groups is 1. The van der Waals surface area contributed by atoms with Crippen LogP contribution in [-0.2, 0) is 16.2 Å². The molecule has 0 saturated carbocycles. The van der Waals surface area contributed by atoms with Crippen molar-refractivity contribution >= 4 is 34.8 Å². The van der Waals surface area contributed by atoms with Gasteiger partial charge < -0.3 is 14.8 Å². The number of benzene rings is 3. The first-order valence-electron chi connectivity index (χ1n) is 9.83. The Balaban J connectivity index is 1.63. The third-order valence-electron chi connectivity index (χ3n) is 4.54. The predicted octanol–water partition coefficient (Wildman–Crippen LogP) is 4.55. The van der Waals surface area contributed by atoms with E-state index in [9.17, 15) is 14.0 Å². The molecule has 0 heterocycles. The van der Waals surface area contributed by atoms with Crippen molar-refractivity contribution < 1.29 is 23.5 Å². The average molecular weight is 470 g/mol. The molecule has 0 aliphatic rings. The van der Waals surface area contributed by atoms with Crippen LogP contribution in [0.15, 0.2) is 71.8 Å². The normalized spacial score (nSPS) is 11.0. The van der Waals surface area contributed by atoms with E-state index in [0.29, 0.717) is 34.4 Å². The fourth-order valence-corrected chi connectivity index (χ4v) is 2.87. The Morgan fingerprint density at radius 1 is 1.00 bits per heavy atom. The number of carbonyl (C=O) groups excluding carboxylic acids is 2. The molecule has 0 aliphatic carbocycles. The summed E-state index contributed by atoms with van der Waals surface area (Å²) in [6.45, 7) is 1.98. The van der Waals surface area contributed by atoms with E-state index in [1.807, 2.05) is 12.1 Å². The smallest absolute Gasteiger partial charge is 0.329 e. The van der Waals surface area contributed by atoms with E-state index < -0.39 is 17.6 Å². The monoisotopic (exact) mass is 469 g/mol. The zero-order valence-corrected chi connectivity index (χ0v) is 18.7. The van der Waals surface area contributed by atoms with Crippen molar-refractivity contribution in [2.24, 2.45) is 5.10 Å². The molecule has 3 aromatic carbocycles. The highest BCUT2D eigenvalue weighted by molar-refractivity contribution is 6.39. The number of carbonyl (C=O) groups is 2. The van der Waals surface area contributed by atoms with Gasteiger partial charge in [0.25, 0.3) is 0 Å². The van der Waals surface area contributed by atoms with E-state index in [4.69, 9.17) is 21.1 Å². The quantitative estimate of drug-likeness (QED) is 0.302. The molecule has 0 aliphatic heterocycles. The first-order chi connectivity index (χ1) is 15.9.